The predicted molar refractivity (Wildman–Crippen MR) is 110 cm³/mol. The number of carboxylic acid groups (broad SMARTS) is 1. The summed E-state index contributed by atoms with van der Waals surface area (Å²) in [4.78, 5) is 27.2. The summed E-state index contributed by atoms with van der Waals surface area (Å²) in [7, 11) is 0. The molecule has 1 aliphatic carbocycles. The first kappa shape index (κ1) is 20.4. The normalized spacial score (nSPS) is 11.7. The minimum absolute atomic E-state index is 0. The molecule has 2 N–H and O–H groups in total. The minimum Gasteiger partial charge on any atom is -0.478 e. The number of pyridine rings is 1. The molecule has 0 fully saturated rings. The number of ether oxygens (including phenoxy) is 1. The van der Waals surface area contributed by atoms with Gasteiger partial charge in [0.25, 0.3) is 0 Å². The topological polar surface area (TPSA) is 88.5 Å². The number of alkyl carbamates (subject to hydrolysis) is 1. The Morgan fingerprint density at radius 1 is 1.00 bits per heavy atom. The van der Waals surface area contributed by atoms with Crippen molar-refractivity contribution in [3.8, 4) is 11.1 Å². The molecule has 0 saturated heterocycles. The standard InChI is InChI=1S/C22H18N2O4.ClH/c25-21(26)14-9-10-23-15(11-14)12-24-22(27)28-13-20-18-7-3-1-5-16(18)17-6-2-4-8-19(17)20;/h1-11,20H,12-13H2,(H,24,27)(H,25,26);1H. The van der Waals surface area contributed by atoms with Crippen LogP contribution >= 0.6 is 12.4 Å². The Morgan fingerprint density at radius 2 is 1.62 bits per heavy atom. The van der Waals surface area contributed by atoms with Crippen molar-refractivity contribution in [1.82, 2.24) is 10.3 Å². The smallest absolute Gasteiger partial charge is 0.407 e. The summed E-state index contributed by atoms with van der Waals surface area (Å²) in [6.45, 7) is 0.320. The molecule has 0 saturated carbocycles. The molecule has 0 spiro atoms. The van der Waals surface area contributed by atoms with Crippen molar-refractivity contribution in [2.45, 2.75) is 12.5 Å². The van der Waals surface area contributed by atoms with Crippen LogP contribution in [0.15, 0.2) is 66.9 Å². The van der Waals surface area contributed by atoms with Gasteiger partial charge in [-0.2, -0.15) is 0 Å². The average Bonchev–Trinajstić information content (AvgIpc) is 3.05. The van der Waals surface area contributed by atoms with Crippen LogP contribution < -0.4 is 5.32 Å². The van der Waals surface area contributed by atoms with Crippen molar-refractivity contribution in [3.63, 3.8) is 0 Å². The number of halogens is 1. The molecule has 0 aliphatic heterocycles. The van der Waals surface area contributed by atoms with E-state index >= 15 is 0 Å². The van der Waals surface area contributed by atoms with Gasteiger partial charge in [0.2, 0.25) is 0 Å². The van der Waals surface area contributed by atoms with Crippen LogP contribution in [0.2, 0.25) is 0 Å². The number of hydrogen-bond donors (Lipinski definition) is 2. The van der Waals surface area contributed by atoms with Crippen molar-refractivity contribution in [3.05, 3.63) is 89.2 Å². The molecule has 3 aromatic rings. The van der Waals surface area contributed by atoms with Gasteiger partial charge in [-0.1, -0.05) is 48.5 Å². The number of aromatic nitrogens is 1. The molecule has 2 aromatic carbocycles. The summed E-state index contributed by atoms with van der Waals surface area (Å²) in [6, 6.07) is 19.1. The van der Waals surface area contributed by atoms with Crippen LogP contribution in [0.1, 0.15) is 33.1 Å². The number of benzene rings is 2. The lowest BCUT2D eigenvalue weighted by Crippen LogP contribution is -2.26. The highest BCUT2D eigenvalue weighted by Gasteiger charge is 2.28. The van der Waals surface area contributed by atoms with E-state index in [1.165, 1.54) is 29.5 Å². The molecule has 4 rings (SSSR count). The first-order chi connectivity index (χ1) is 13.6. The fraction of sp³-hybridized carbons (Fsp3) is 0.136. The van der Waals surface area contributed by atoms with Crippen molar-refractivity contribution in [1.29, 1.82) is 0 Å². The number of aromatic carboxylic acids is 1. The largest absolute Gasteiger partial charge is 0.478 e. The van der Waals surface area contributed by atoms with Gasteiger partial charge in [0, 0.05) is 12.1 Å². The predicted octanol–water partition coefficient (Wildman–Crippen LogP) is 4.24. The summed E-state index contributed by atoms with van der Waals surface area (Å²) >= 11 is 0. The monoisotopic (exact) mass is 410 g/mol. The van der Waals surface area contributed by atoms with Crippen LogP contribution in [0.4, 0.5) is 4.79 Å². The summed E-state index contributed by atoms with van der Waals surface area (Å²) in [5.41, 5.74) is 5.20. The maximum atomic E-state index is 12.1. The van der Waals surface area contributed by atoms with E-state index in [1.807, 2.05) is 24.3 Å². The fourth-order valence-corrected chi connectivity index (χ4v) is 3.52. The number of carbonyl (C=O) groups excluding carboxylic acids is 1. The zero-order chi connectivity index (χ0) is 19.5. The SMILES string of the molecule is Cl.O=C(NCc1cc(C(=O)O)ccn1)OCC1c2ccccc2-c2ccccc21. The minimum atomic E-state index is -1.04. The van der Waals surface area contributed by atoms with Gasteiger partial charge in [-0.15, -0.1) is 12.4 Å². The lowest BCUT2D eigenvalue weighted by molar-refractivity contribution is 0.0696. The highest BCUT2D eigenvalue weighted by atomic mass is 35.5. The van der Waals surface area contributed by atoms with Gasteiger partial charge in [-0.25, -0.2) is 9.59 Å². The Balaban J connectivity index is 0.00000240. The number of carbonyl (C=O) groups is 2. The van der Waals surface area contributed by atoms with E-state index in [4.69, 9.17) is 9.84 Å². The third kappa shape index (κ3) is 4.22. The second-order valence-electron chi connectivity index (χ2n) is 6.52. The van der Waals surface area contributed by atoms with E-state index in [0.717, 1.165) is 11.1 Å². The molecule has 6 nitrogen and oxygen atoms in total. The molecule has 1 amide bonds. The van der Waals surface area contributed by atoms with Crippen molar-refractivity contribution in [2.75, 3.05) is 6.61 Å². The van der Waals surface area contributed by atoms with Gasteiger partial charge in [0.15, 0.2) is 0 Å². The van der Waals surface area contributed by atoms with Gasteiger partial charge in [0.05, 0.1) is 17.8 Å². The molecule has 0 atom stereocenters. The Morgan fingerprint density at radius 3 is 2.24 bits per heavy atom. The Hall–Kier alpha value is -3.38. The molecule has 7 heteroatoms. The van der Waals surface area contributed by atoms with Gasteiger partial charge in [-0.3, -0.25) is 4.98 Å². The molecule has 29 heavy (non-hydrogen) atoms. The molecular weight excluding hydrogens is 392 g/mol. The lowest BCUT2D eigenvalue weighted by atomic mass is 9.98. The van der Waals surface area contributed by atoms with E-state index in [1.54, 1.807) is 0 Å². The van der Waals surface area contributed by atoms with Crippen LogP contribution in [-0.2, 0) is 11.3 Å². The summed E-state index contributed by atoms with van der Waals surface area (Å²) in [6.07, 6.45) is 0.836. The summed E-state index contributed by atoms with van der Waals surface area (Å²) in [5, 5.41) is 11.6. The molecular formula is C22H19ClN2O4. The van der Waals surface area contributed by atoms with Gasteiger partial charge in [0.1, 0.15) is 6.61 Å². The molecule has 0 radical (unpaired) electrons. The summed E-state index contributed by atoms with van der Waals surface area (Å²) in [5.74, 6) is -1.04. The third-order valence-electron chi connectivity index (χ3n) is 4.82. The first-order valence-electron chi connectivity index (χ1n) is 8.90. The molecule has 148 valence electrons. The molecule has 0 unspecified atom stereocenters. The fourth-order valence-electron chi connectivity index (χ4n) is 3.52. The number of carboxylic acids is 1. The molecule has 0 bridgehead atoms. The number of nitrogens with one attached hydrogen (secondary N) is 1. The third-order valence-corrected chi connectivity index (χ3v) is 4.82. The summed E-state index contributed by atoms with van der Waals surface area (Å²) < 4.78 is 5.44. The Labute approximate surface area is 174 Å². The van der Waals surface area contributed by atoms with Crippen LogP contribution in [0.3, 0.4) is 0 Å². The maximum Gasteiger partial charge on any atom is 0.407 e. The van der Waals surface area contributed by atoms with Crippen LogP contribution in [0.5, 0.6) is 0 Å². The van der Waals surface area contributed by atoms with Crippen LogP contribution in [0, 0.1) is 0 Å². The number of amides is 1. The van der Waals surface area contributed by atoms with Crippen molar-refractivity contribution in [2.24, 2.45) is 0 Å². The van der Waals surface area contributed by atoms with Crippen LogP contribution in [0.25, 0.3) is 11.1 Å². The Kier molecular flexibility index (Phi) is 6.14. The highest BCUT2D eigenvalue weighted by molar-refractivity contribution is 5.87. The number of hydrogen-bond acceptors (Lipinski definition) is 4. The zero-order valence-corrected chi connectivity index (χ0v) is 16.2. The van der Waals surface area contributed by atoms with Crippen molar-refractivity contribution < 1.29 is 19.4 Å². The highest BCUT2D eigenvalue weighted by Crippen LogP contribution is 2.44. The van der Waals surface area contributed by atoms with Gasteiger partial charge in [-0.05, 0) is 34.4 Å². The molecule has 1 aliphatic rings. The number of fused-ring (bicyclic) bond motifs is 3. The van der Waals surface area contributed by atoms with E-state index < -0.39 is 12.1 Å². The maximum absolute atomic E-state index is 12.1. The quantitative estimate of drug-likeness (QED) is 0.656. The molecule has 1 heterocycles. The van der Waals surface area contributed by atoms with E-state index in [9.17, 15) is 9.59 Å². The van der Waals surface area contributed by atoms with Gasteiger partial charge >= 0.3 is 12.1 Å². The van der Waals surface area contributed by atoms with Crippen LogP contribution in [-0.4, -0.2) is 28.8 Å². The van der Waals surface area contributed by atoms with E-state index in [-0.39, 0.29) is 37.0 Å². The first-order valence-corrected chi connectivity index (χ1v) is 8.90. The number of nitrogens with zero attached hydrogens (tertiary/aromatic N) is 1. The zero-order valence-electron chi connectivity index (χ0n) is 15.4. The van der Waals surface area contributed by atoms with E-state index in [0.29, 0.717) is 5.69 Å². The lowest BCUT2D eigenvalue weighted by Gasteiger charge is -2.14. The second kappa shape index (κ2) is 8.75. The van der Waals surface area contributed by atoms with E-state index in [2.05, 4.69) is 34.6 Å². The van der Waals surface area contributed by atoms with Crippen molar-refractivity contribution >= 4 is 24.5 Å². The Bertz CT molecular complexity index is 1010. The second-order valence-corrected chi connectivity index (χ2v) is 6.52. The average molecular weight is 411 g/mol. The number of rotatable bonds is 5. The molecule has 1 aromatic heterocycles. The van der Waals surface area contributed by atoms with Gasteiger partial charge < -0.3 is 15.2 Å².